The molecule has 1 amide bonds. The van der Waals surface area contributed by atoms with E-state index in [4.69, 9.17) is 4.74 Å². The molecule has 3 aromatic rings. The summed E-state index contributed by atoms with van der Waals surface area (Å²) in [6, 6.07) is 20.6. The Morgan fingerprint density at radius 2 is 1.62 bits per heavy atom. The molecule has 0 bridgehead atoms. The zero-order chi connectivity index (χ0) is 16.9. The number of benzene rings is 3. The Morgan fingerprint density at radius 3 is 2.33 bits per heavy atom. The first-order valence-corrected chi connectivity index (χ1v) is 7.66. The third kappa shape index (κ3) is 3.98. The molecule has 0 aliphatic rings. The molecule has 0 heterocycles. The monoisotopic (exact) mass is 319 g/mol. The number of anilines is 1. The van der Waals surface area contributed by atoms with Gasteiger partial charge in [-0.25, -0.2) is 0 Å². The predicted octanol–water partition coefficient (Wildman–Crippen LogP) is 3.95. The van der Waals surface area contributed by atoms with Gasteiger partial charge in [0.25, 0.3) is 0 Å². The molecule has 0 radical (unpaired) electrons. The van der Waals surface area contributed by atoms with Crippen LogP contribution < -0.4 is 10.1 Å². The number of fused-ring (bicyclic) bond motifs is 1. The summed E-state index contributed by atoms with van der Waals surface area (Å²) in [6.07, 6.45) is 0.207. The van der Waals surface area contributed by atoms with Crippen LogP contribution in [0, 0.1) is 0 Å². The highest BCUT2D eigenvalue weighted by Gasteiger charge is 2.07. The van der Waals surface area contributed by atoms with E-state index in [1.54, 1.807) is 24.3 Å². The smallest absolute Gasteiger partial charge is 0.315 e. The van der Waals surface area contributed by atoms with Gasteiger partial charge in [-0.2, -0.15) is 0 Å². The third-order valence-electron chi connectivity index (χ3n) is 3.57. The zero-order valence-corrected chi connectivity index (χ0v) is 13.3. The Morgan fingerprint density at radius 1 is 0.917 bits per heavy atom. The molecule has 0 unspecified atom stereocenters. The van der Waals surface area contributed by atoms with Gasteiger partial charge in [0.15, 0.2) is 0 Å². The van der Waals surface area contributed by atoms with E-state index < -0.39 is 0 Å². The molecule has 0 saturated carbocycles. The van der Waals surface area contributed by atoms with Crippen molar-refractivity contribution >= 4 is 28.3 Å². The minimum atomic E-state index is -0.322. The lowest BCUT2D eigenvalue weighted by atomic mass is 10.1. The zero-order valence-electron chi connectivity index (χ0n) is 13.3. The second kappa shape index (κ2) is 6.96. The fourth-order valence-electron chi connectivity index (χ4n) is 2.49. The van der Waals surface area contributed by atoms with Crippen molar-refractivity contribution in [2.45, 2.75) is 13.3 Å². The minimum Gasteiger partial charge on any atom is -0.426 e. The van der Waals surface area contributed by atoms with Crippen LogP contribution in [0.5, 0.6) is 5.75 Å². The summed E-state index contributed by atoms with van der Waals surface area (Å²) >= 11 is 0. The Hall–Kier alpha value is -3.14. The van der Waals surface area contributed by atoms with Crippen molar-refractivity contribution < 1.29 is 14.3 Å². The summed E-state index contributed by atoms with van der Waals surface area (Å²) in [5.41, 5.74) is 1.57. The van der Waals surface area contributed by atoms with Crippen LogP contribution in [0.15, 0.2) is 66.7 Å². The van der Waals surface area contributed by atoms with E-state index in [1.807, 2.05) is 42.5 Å². The lowest BCUT2D eigenvalue weighted by Gasteiger charge is -2.07. The molecule has 1 N–H and O–H groups in total. The minimum absolute atomic E-state index is 0.143. The van der Waals surface area contributed by atoms with Crippen molar-refractivity contribution in [3.05, 3.63) is 72.3 Å². The van der Waals surface area contributed by atoms with E-state index in [0.29, 0.717) is 11.4 Å². The van der Waals surface area contributed by atoms with Gasteiger partial charge in [0, 0.05) is 12.6 Å². The fourth-order valence-corrected chi connectivity index (χ4v) is 2.49. The second-order valence-corrected chi connectivity index (χ2v) is 5.54. The van der Waals surface area contributed by atoms with Crippen molar-refractivity contribution in [1.29, 1.82) is 0 Å². The predicted molar refractivity (Wildman–Crippen MR) is 94.0 cm³/mol. The largest absolute Gasteiger partial charge is 0.426 e. The van der Waals surface area contributed by atoms with E-state index in [1.165, 1.54) is 6.92 Å². The molecule has 0 spiro atoms. The van der Waals surface area contributed by atoms with Gasteiger partial charge < -0.3 is 10.1 Å². The Balaban J connectivity index is 1.64. The third-order valence-corrected chi connectivity index (χ3v) is 3.57. The molecule has 3 rings (SSSR count). The number of nitrogens with one attached hydrogen (secondary N) is 1. The van der Waals surface area contributed by atoms with Crippen LogP contribution in [0.4, 0.5) is 5.69 Å². The Bertz CT molecular complexity index is 885. The van der Waals surface area contributed by atoms with Crippen molar-refractivity contribution in [2.75, 3.05) is 5.32 Å². The van der Waals surface area contributed by atoms with E-state index in [2.05, 4.69) is 5.32 Å². The molecule has 0 aromatic heterocycles. The van der Waals surface area contributed by atoms with E-state index in [-0.39, 0.29) is 18.3 Å². The molecule has 24 heavy (non-hydrogen) atoms. The number of ether oxygens (including phenoxy) is 1. The summed E-state index contributed by atoms with van der Waals surface area (Å²) < 4.78 is 5.34. The molecular formula is C20H17NO3. The maximum atomic E-state index is 12.1. The van der Waals surface area contributed by atoms with Gasteiger partial charge in [0.1, 0.15) is 5.75 Å². The van der Waals surface area contributed by atoms with Crippen LogP contribution >= 0.6 is 0 Å². The molecule has 0 aliphatic carbocycles. The fraction of sp³-hybridized carbons (Fsp3) is 0.100. The molecule has 3 aromatic carbocycles. The van der Waals surface area contributed by atoms with Gasteiger partial charge in [0.05, 0.1) is 6.42 Å². The summed E-state index contributed by atoms with van der Waals surface area (Å²) in [6.45, 7) is 1.44. The topological polar surface area (TPSA) is 55.4 Å². The van der Waals surface area contributed by atoms with Crippen molar-refractivity contribution in [2.24, 2.45) is 0 Å². The number of carbonyl (C=O) groups is 2. The second-order valence-electron chi connectivity index (χ2n) is 5.54. The van der Waals surface area contributed by atoms with Gasteiger partial charge in [-0.15, -0.1) is 0 Å². The number of amides is 1. The maximum absolute atomic E-state index is 12.1. The van der Waals surface area contributed by atoms with E-state index >= 15 is 0 Å². The Kier molecular flexibility index (Phi) is 4.57. The average molecular weight is 319 g/mol. The quantitative estimate of drug-likeness (QED) is 0.585. The lowest BCUT2D eigenvalue weighted by molar-refractivity contribution is -0.133. The number of esters is 1. The highest BCUT2D eigenvalue weighted by molar-refractivity contribution is 5.88. The normalized spacial score (nSPS) is 10.4. The van der Waals surface area contributed by atoms with Crippen LogP contribution in [-0.4, -0.2) is 11.9 Å². The standard InChI is InChI=1S/C20H17NO3/c1-14(22)21-18-8-10-19(11-9-18)24-20(23)13-15-6-7-16-4-2-3-5-17(16)12-15/h2-12H,13H2,1H3,(H,21,22). The summed E-state index contributed by atoms with van der Waals surface area (Å²) in [4.78, 5) is 23.1. The van der Waals surface area contributed by atoms with Crippen LogP contribution in [0.3, 0.4) is 0 Å². The first-order valence-electron chi connectivity index (χ1n) is 7.66. The summed E-state index contributed by atoms with van der Waals surface area (Å²) in [7, 11) is 0. The van der Waals surface area contributed by atoms with Crippen LogP contribution in [0.25, 0.3) is 10.8 Å². The number of hydrogen-bond acceptors (Lipinski definition) is 3. The van der Waals surface area contributed by atoms with Crippen molar-refractivity contribution in [3.8, 4) is 5.75 Å². The molecule has 0 atom stereocenters. The first-order chi connectivity index (χ1) is 11.6. The van der Waals surface area contributed by atoms with Crippen molar-refractivity contribution in [3.63, 3.8) is 0 Å². The molecular weight excluding hydrogens is 302 g/mol. The van der Waals surface area contributed by atoms with E-state index in [0.717, 1.165) is 16.3 Å². The summed E-state index contributed by atoms with van der Waals surface area (Å²) in [5, 5.41) is 4.90. The van der Waals surface area contributed by atoms with Crippen LogP contribution in [0.2, 0.25) is 0 Å². The van der Waals surface area contributed by atoms with Crippen LogP contribution in [-0.2, 0) is 16.0 Å². The highest BCUT2D eigenvalue weighted by atomic mass is 16.5. The summed E-state index contributed by atoms with van der Waals surface area (Å²) in [5.74, 6) is -0.0106. The molecule has 0 aliphatic heterocycles. The molecule has 0 fully saturated rings. The van der Waals surface area contributed by atoms with Gasteiger partial charge >= 0.3 is 5.97 Å². The highest BCUT2D eigenvalue weighted by Crippen LogP contribution is 2.18. The SMILES string of the molecule is CC(=O)Nc1ccc(OC(=O)Cc2ccc3ccccc3c2)cc1. The maximum Gasteiger partial charge on any atom is 0.315 e. The van der Waals surface area contributed by atoms with E-state index in [9.17, 15) is 9.59 Å². The molecule has 4 heteroatoms. The molecule has 0 saturated heterocycles. The number of hydrogen-bond donors (Lipinski definition) is 1. The molecule has 4 nitrogen and oxygen atoms in total. The lowest BCUT2D eigenvalue weighted by Crippen LogP contribution is -2.11. The van der Waals surface area contributed by atoms with Gasteiger partial charge in [-0.1, -0.05) is 42.5 Å². The van der Waals surface area contributed by atoms with Gasteiger partial charge in [0.2, 0.25) is 5.91 Å². The first kappa shape index (κ1) is 15.7. The van der Waals surface area contributed by atoms with Crippen molar-refractivity contribution in [1.82, 2.24) is 0 Å². The van der Waals surface area contributed by atoms with Gasteiger partial charge in [-0.05, 0) is 40.6 Å². The molecule has 120 valence electrons. The average Bonchev–Trinajstić information content (AvgIpc) is 2.56. The number of rotatable bonds is 4. The Labute approximate surface area is 140 Å². The van der Waals surface area contributed by atoms with Gasteiger partial charge in [-0.3, -0.25) is 9.59 Å². The van der Waals surface area contributed by atoms with Crippen LogP contribution in [0.1, 0.15) is 12.5 Å². The number of carbonyl (C=O) groups excluding carboxylic acids is 2.